The van der Waals surface area contributed by atoms with E-state index in [2.05, 4.69) is 50.4 Å². The maximum absolute atomic E-state index is 3.63. The maximum Gasteiger partial charge on any atom is 0.0328 e. The van der Waals surface area contributed by atoms with E-state index >= 15 is 0 Å². The van der Waals surface area contributed by atoms with E-state index in [0.717, 1.165) is 6.54 Å². The molecule has 15 heavy (non-hydrogen) atoms. The van der Waals surface area contributed by atoms with Gasteiger partial charge in [-0.1, -0.05) is 45.0 Å². The number of benzene rings is 1. The normalized spacial score (nSPS) is 21.1. The van der Waals surface area contributed by atoms with E-state index in [1.54, 1.807) is 0 Å². The summed E-state index contributed by atoms with van der Waals surface area (Å²) in [6.07, 6.45) is 2.39. The molecule has 1 nitrogen and oxygen atoms in total. The van der Waals surface area contributed by atoms with Crippen LogP contribution in [0.1, 0.15) is 44.4 Å². The summed E-state index contributed by atoms with van der Waals surface area (Å²) in [5, 5.41) is 3.63. The highest BCUT2D eigenvalue weighted by molar-refractivity contribution is 5.32. The van der Waals surface area contributed by atoms with Gasteiger partial charge in [0.05, 0.1) is 0 Å². The van der Waals surface area contributed by atoms with Crippen molar-refractivity contribution >= 4 is 0 Å². The average Bonchev–Trinajstić information content (AvgIpc) is 2.16. The molecule has 1 aliphatic rings. The zero-order valence-corrected chi connectivity index (χ0v) is 10.0. The van der Waals surface area contributed by atoms with E-state index in [9.17, 15) is 0 Å². The Hall–Kier alpha value is -0.820. The number of nitrogens with one attached hydrogen (secondary N) is 1. The van der Waals surface area contributed by atoms with E-state index in [4.69, 9.17) is 0 Å². The summed E-state index contributed by atoms with van der Waals surface area (Å²) < 4.78 is 0. The lowest BCUT2D eigenvalue weighted by atomic mass is 9.82. The van der Waals surface area contributed by atoms with Crippen molar-refractivity contribution in [3.8, 4) is 0 Å². The third-order valence-electron chi connectivity index (χ3n) is 3.03. The molecular weight excluding hydrogens is 182 g/mol. The first-order valence-corrected chi connectivity index (χ1v) is 5.87. The summed E-state index contributed by atoms with van der Waals surface area (Å²) in [7, 11) is 0. The van der Waals surface area contributed by atoms with Crippen LogP contribution in [-0.4, -0.2) is 6.54 Å². The molecule has 1 N–H and O–H groups in total. The minimum absolute atomic E-state index is 0.391. The molecule has 0 aromatic heterocycles. The van der Waals surface area contributed by atoms with Crippen LogP contribution in [0.5, 0.6) is 0 Å². The second kappa shape index (κ2) is 3.97. The van der Waals surface area contributed by atoms with Gasteiger partial charge >= 0.3 is 0 Å². The van der Waals surface area contributed by atoms with Crippen molar-refractivity contribution in [2.24, 2.45) is 5.41 Å². The van der Waals surface area contributed by atoms with Gasteiger partial charge in [-0.15, -0.1) is 0 Å². The third kappa shape index (κ3) is 2.60. The Morgan fingerprint density at radius 1 is 1.27 bits per heavy atom. The summed E-state index contributed by atoms with van der Waals surface area (Å²) in [6, 6.07) is 9.40. The van der Waals surface area contributed by atoms with E-state index in [1.165, 1.54) is 24.0 Å². The van der Waals surface area contributed by atoms with Crippen LogP contribution in [0.15, 0.2) is 24.3 Å². The summed E-state index contributed by atoms with van der Waals surface area (Å²) in [5.41, 5.74) is 3.44. The first kappa shape index (κ1) is 10.7. The fourth-order valence-electron chi connectivity index (χ4n) is 2.39. The molecule has 1 aliphatic heterocycles. The summed E-state index contributed by atoms with van der Waals surface area (Å²) in [4.78, 5) is 0. The molecule has 0 saturated carbocycles. The topological polar surface area (TPSA) is 12.0 Å². The average molecular weight is 203 g/mol. The minimum Gasteiger partial charge on any atom is -0.310 e. The quantitative estimate of drug-likeness (QED) is 0.738. The van der Waals surface area contributed by atoms with Crippen LogP contribution >= 0.6 is 0 Å². The molecule has 82 valence electrons. The Morgan fingerprint density at radius 3 is 2.73 bits per heavy atom. The number of fused-ring (bicyclic) bond motifs is 1. The van der Waals surface area contributed by atoms with Crippen LogP contribution in [0.3, 0.4) is 0 Å². The molecule has 1 unspecified atom stereocenters. The first-order chi connectivity index (χ1) is 7.06. The van der Waals surface area contributed by atoms with E-state index in [1.807, 2.05) is 0 Å². The van der Waals surface area contributed by atoms with Crippen LogP contribution in [0.2, 0.25) is 0 Å². The zero-order chi connectivity index (χ0) is 10.9. The van der Waals surface area contributed by atoms with Crippen LogP contribution < -0.4 is 5.32 Å². The van der Waals surface area contributed by atoms with Gasteiger partial charge in [0.25, 0.3) is 0 Å². The van der Waals surface area contributed by atoms with Crippen molar-refractivity contribution < 1.29 is 0 Å². The van der Waals surface area contributed by atoms with E-state index in [-0.39, 0.29) is 0 Å². The van der Waals surface area contributed by atoms with Gasteiger partial charge in [0.1, 0.15) is 0 Å². The monoisotopic (exact) mass is 203 g/mol. The van der Waals surface area contributed by atoms with Crippen LogP contribution in [0.4, 0.5) is 0 Å². The van der Waals surface area contributed by atoms with Gasteiger partial charge in [-0.05, 0) is 35.9 Å². The van der Waals surface area contributed by atoms with Crippen molar-refractivity contribution in [2.75, 3.05) is 6.54 Å². The number of hydrogen-bond acceptors (Lipinski definition) is 1. The van der Waals surface area contributed by atoms with Gasteiger partial charge < -0.3 is 5.32 Å². The zero-order valence-electron chi connectivity index (χ0n) is 10.0. The smallest absolute Gasteiger partial charge is 0.0328 e. The maximum atomic E-state index is 3.63. The lowest BCUT2D eigenvalue weighted by Gasteiger charge is -2.32. The lowest BCUT2D eigenvalue weighted by molar-refractivity contribution is 0.305. The second-order valence-corrected chi connectivity index (χ2v) is 5.72. The fourth-order valence-corrected chi connectivity index (χ4v) is 2.39. The molecule has 0 aliphatic carbocycles. The van der Waals surface area contributed by atoms with Crippen molar-refractivity contribution in [2.45, 2.75) is 39.7 Å². The molecule has 1 heteroatoms. The Bertz CT molecular complexity index is 335. The highest BCUT2D eigenvalue weighted by Crippen LogP contribution is 2.32. The highest BCUT2D eigenvalue weighted by atomic mass is 14.9. The van der Waals surface area contributed by atoms with Gasteiger partial charge in [-0.25, -0.2) is 0 Å². The molecule has 0 spiro atoms. The Balaban J connectivity index is 2.22. The Morgan fingerprint density at radius 2 is 2.00 bits per heavy atom. The van der Waals surface area contributed by atoms with Crippen LogP contribution in [0, 0.1) is 5.41 Å². The third-order valence-corrected chi connectivity index (χ3v) is 3.03. The van der Waals surface area contributed by atoms with Crippen molar-refractivity contribution in [1.29, 1.82) is 0 Å². The number of rotatable bonds is 1. The van der Waals surface area contributed by atoms with Crippen molar-refractivity contribution in [3.63, 3.8) is 0 Å². The van der Waals surface area contributed by atoms with E-state index in [0.29, 0.717) is 11.5 Å². The molecule has 0 bridgehead atoms. The molecule has 1 aromatic rings. The van der Waals surface area contributed by atoms with Gasteiger partial charge in [0.2, 0.25) is 0 Å². The van der Waals surface area contributed by atoms with Gasteiger partial charge in [-0.3, -0.25) is 0 Å². The summed E-state index contributed by atoms with van der Waals surface area (Å²) in [5.74, 6) is 0. The van der Waals surface area contributed by atoms with Gasteiger partial charge in [0.15, 0.2) is 0 Å². The highest BCUT2D eigenvalue weighted by Gasteiger charge is 2.23. The lowest BCUT2D eigenvalue weighted by Crippen LogP contribution is -2.32. The Kier molecular flexibility index (Phi) is 2.83. The van der Waals surface area contributed by atoms with Crippen molar-refractivity contribution in [1.82, 2.24) is 5.32 Å². The number of hydrogen-bond donors (Lipinski definition) is 1. The van der Waals surface area contributed by atoms with Gasteiger partial charge in [-0.2, -0.15) is 0 Å². The predicted molar refractivity (Wildman–Crippen MR) is 65.0 cm³/mol. The summed E-state index contributed by atoms with van der Waals surface area (Å²) in [6.45, 7) is 8.06. The molecular formula is C14H21N. The standard InChI is InChI=1S/C14H21N/c1-14(2,3)10-13-12-7-5-4-6-11(12)8-9-15-13/h4-7,13,15H,8-10H2,1-3H3. The predicted octanol–water partition coefficient (Wildman–Crippen LogP) is 3.31. The fraction of sp³-hybridized carbons (Fsp3) is 0.571. The second-order valence-electron chi connectivity index (χ2n) is 5.72. The molecule has 1 atom stereocenters. The minimum atomic E-state index is 0.391. The van der Waals surface area contributed by atoms with Crippen molar-refractivity contribution in [3.05, 3.63) is 35.4 Å². The Labute approximate surface area is 92.9 Å². The van der Waals surface area contributed by atoms with Crippen LogP contribution in [0.25, 0.3) is 0 Å². The van der Waals surface area contributed by atoms with E-state index < -0.39 is 0 Å². The molecule has 0 amide bonds. The largest absolute Gasteiger partial charge is 0.310 e. The summed E-state index contributed by atoms with van der Waals surface area (Å²) >= 11 is 0. The molecule has 2 rings (SSSR count). The molecule has 1 heterocycles. The van der Waals surface area contributed by atoms with Gasteiger partial charge in [0, 0.05) is 6.04 Å². The molecule has 1 aromatic carbocycles. The van der Waals surface area contributed by atoms with Crippen LogP contribution in [-0.2, 0) is 6.42 Å². The SMILES string of the molecule is CC(C)(C)CC1NCCc2ccccc21. The molecule has 0 radical (unpaired) electrons. The molecule has 0 fully saturated rings. The molecule has 0 saturated heterocycles. The first-order valence-electron chi connectivity index (χ1n) is 5.87.